The van der Waals surface area contributed by atoms with Crippen LogP contribution in [0.1, 0.15) is 79.8 Å². The van der Waals surface area contributed by atoms with Crippen LogP contribution in [0, 0.1) is 19.9 Å². The molecule has 61 heavy (non-hydrogen) atoms. The van der Waals surface area contributed by atoms with E-state index in [-0.39, 0.29) is 69.0 Å². The van der Waals surface area contributed by atoms with Crippen LogP contribution in [-0.2, 0) is 70.0 Å². The minimum absolute atomic E-state index is 0. The molecule has 9 rings (SSSR count). The number of rotatable bonds is 12. The Labute approximate surface area is 388 Å². The summed E-state index contributed by atoms with van der Waals surface area (Å²) in [6, 6.07) is 32.9. The van der Waals surface area contributed by atoms with E-state index < -0.39 is 0 Å². The van der Waals surface area contributed by atoms with Gasteiger partial charge in [-0.2, -0.15) is 36.0 Å². The number of carbonyl (C=O) groups is 3. The van der Waals surface area contributed by atoms with E-state index in [1.807, 2.05) is 83.6 Å². The van der Waals surface area contributed by atoms with Gasteiger partial charge in [-0.25, -0.2) is 0 Å². The summed E-state index contributed by atoms with van der Waals surface area (Å²) in [5, 5.41) is 0. The number of aryl methyl sites for hydroxylation is 2. The summed E-state index contributed by atoms with van der Waals surface area (Å²) in [5.41, 5.74) is 9.96. The molecule has 0 aromatic heterocycles. The van der Waals surface area contributed by atoms with Crippen molar-refractivity contribution in [1.82, 2.24) is 0 Å². The van der Waals surface area contributed by atoms with Gasteiger partial charge in [-0.1, -0.05) is 36.4 Å². The van der Waals surface area contributed by atoms with E-state index in [9.17, 15) is 14.4 Å². The molecule has 5 aromatic rings. The molecule has 311 valence electrons. The first-order valence-electron chi connectivity index (χ1n) is 20.5. The molecular formula is C50H49N3O6SY-2. The van der Waals surface area contributed by atoms with Gasteiger partial charge in [0.05, 0.1) is 37.6 Å². The molecule has 0 unspecified atom stereocenters. The Bertz CT molecular complexity index is 2470. The number of aliphatic imine (C=N–C) groups is 1. The predicted octanol–water partition coefficient (Wildman–Crippen LogP) is 9.69. The number of benzene rings is 5. The van der Waals surface area contributed by atoms with E-state index in [1.54, 1.807) is 31.0 Å². The summed E-state index contributed by atoms with van der Waals surface area (Å²) >= 11 is 1.78. The number of hydrogen-bond acceptors (Lipinski definition) is 8. The Kier molecular flexibility index (Phi) is 14.5. The average Bonchev–Trinajstić information content (AvgIpc) is 3.76. The van der Waals surface area contributed by atoms with Crippen molar-refractivity contribution >= 4 is 52.6 Å². The van der Waals surface area contributed by atoms with Crippen LogP contribution < -0.4 is 24.0 Å². The van der Waals surface area contributed by atoms with Crippen molar-refractivity contribution in [3.63, 3.8) is 0 Å². The van der Waals surface area contributed by atoms with Gasteiger partial charge in [0.25, 0.3) is 11.8 Å². The van der Waals surface area contributed by atoms with Crippen LogP contribution in [-0.4, -0.2) is 55.0 Å². The van der Waals surface area contributed by atoms with Crippen molar-refractivity contribution in [1.29, 1.82) is 0 Å². The van der Waals surface area contributed by atoms with Crippen molar-refractivity contribution in [3.8, 4) is 17.2 Å². The zero-order valence-electron chi connectivity index (χ0n) is 34.9. The van der Waals surface area contributed by atoms with E-state index >= 15 is 0 Å². The Morgan fingerprint density at radius 1 is 0.836 bits per heavy atom. The van der Waals surface area contributed by atoms with Gasteiger partial charge < -0.3 is 30.8 Å². The number of thioether (sulfide) groups is 1. The van der Waals surface area contributed by atoms with Crippen molar-refractivity contribution in [2.24, 2.45) is 4.99 Å². The minimum Gasteiger partial charge on any atom is -0.501 e. The minimum atomic E-state index is -0.133. The first-order valence-corrected chi connectivity index (χ1v) is 21.9. The molecule has 0 saturated heterocycles. The maximum absolute atomic E-state index is 13.8. The molecule has 0 saturated carbocycles. The molecule has 11 heteroatoms. The van der Waals surface area contributed by atoms with Crippen LogP contribution in [0.4, 0.5) is 17.1 Å². The molecule has 5 aromatic carbocycles. The third-order valence-electron chi connectivity index (χ3n) is 11.6. The number of fused-ring (bicyclic) bond motifs is 8. The van der Waals surface area contributed by atoms with Crippen LogP contribution in [0.3, 0.4) is 0 Å². The fraction of sp³-hybridized carbons (Fsp3) is 0.300. The summed E-state index contributed by atoms with van der Waals surface area (Å²) in [6.07, 6.45) is 9.45. The second-order valence-electron chi connectivity index (χ2n) is 15.6. The summed E-state index contributed by atoms with van der Waals surface area (Å²) in [5.74, 6) is 3.09. The molecule has 1 radical (unpaired) electrons. The number of para-hydroxylation sites is 2. The van der Waals surface area contributed by atoms with Gasteiger partial charge in [-0.15, -0.1) is 17.5 Å². The molecule has 9 nitrogen and oxygen atoms in total. The molecule has 0 bridgehead atoms. The van der Waals surface area contributed by atoms with Crippen molar-refractivity contribution in [2.45, 2.75) is 77.2 Å². The van der Waals surface area contributed by atoms with Crippen LogP contribution in [0.2, 0.25) is 0 Å². The van der Waals surface area contributed by atoms with Crippen molar-refractivity contribution < 1.29 is 61.3 Å². The molecule has 0 aliphatic carbocycles. The molecule has 4 aliphatic heterocycles. The maximum atomic E-state index is 13.8. The topological polar surface area (TPSA) is 97.7 Å². The SMILES string of the molecule is COc1cc2c(cc1OCc1c[c-]cc(COc3cc4c(cc3C)C(=O)N3c5ccccc5C[C@H]3CC4)c1)N=C[C@@H]1Cc3ccccc3N1C2=O.[CH2-]CC(=O)CCCSC.[Y]. The van der Waals surface area contributed by atoms with E-state index in [1.165, 1.54) is 5.56 Å². The largest absolute Gasteiger partial charge is 0.501 e. The number of carbonyl (C=O) groups excluding carboxylic acids is 3. The summed E-state index contributed by atoms with van der Waals surface area (Å²) in [4.78, 5) is 46.7. The van der Waals surface area contributed by atoms with Crippen LogP contribution in [0.25, 0.3) is 0 Å². The monoisotopic (exact) mass is 908 g/mol. The second-order valence-corrected chi connectivity index (χ2v) is 16.5. The quantitative estimate of drug-likeness (QED) is 0.0909. The Balaban J connectivity index is 0.000000507. The molecule has 2 atom stereocenters. The zero-order chi connectivity index (χ0) is 41.8. The van der Waals surface area contributed by atoms with E-state index in [2.05, 4.69) is 37.4 Å². The third kappa shape index (κ3) is 9.52. The molecule has 0 spiro atoms. The number of hydrogen-bond donors (Lipinski definition) is 0. The van der Waals surface area contributed by atoms with E-state index in [4.69, 9.17) is 19.2 Å². The number of Topliss-reactive ketones (excluding diaryl/α,β-unsaturated/α-hetero) is 1. The van der Waals surface area contributed by atoms with Crippen molar-refractivity contribution in [3.05, 3.63) is 148 Å². The van der Waals surface area contributed by atoms with Gasteiger partial charge in [0.15, 0.2) is 11.5 Å². The molecule has 2 amide bonds. The predicted molar refractivity (Wildman–Crippen MR) is 239 cm³/mol. The number of anilines is 2. The summed E-state index contributed by atoms with van der Waals surface area (Å²) < 4.78 is 18.3. The van der Waals surface area contributed by atoms with Crippen LogP contribution >= 0.6 is 11.8 Å². The van der Waals surface area contributed by atoms with Gasteiger partial charge in [0, 0.05) is 80.8 Å². The summed E-state index contributed by atoms with van der Waals surface area (Å²) in [6.45, 7) is 6.11. The zero-order valence-corrected chi connectivity index (χ0v) is 38.6. The van der Waals surface area contributed by atoms with Gasteiger partial charge in [-0.05, 0) is 97.2 Å². The molecular weight excluding hydrogens is 860 g/mol. The first kappa shape index (κ1) is 44.3. The maximum Gasteiger partial charge on any atom is 0.261 e. The smallest absolute Gasteiger partial charge is 0.261 e. The van der Waals surface area contributed by atoms with E-state index in [0.29, 0.717) is 42.2 Å². The molecule has 4 heterocycles. The Morgan fingerprint density at radius 3 is 2.21 bits per heavy atom. The fourth-order valence-corrected chi connectivity index (χ4v) is 8.94. The van der Waals surface area contributed by atoms with Crippen LogP contribution in [0.15, 0.2) is 96.0 Å². The van der Waals surface area contributed by atoms with Crippen LogP contribution in [0.5, 0.6) is 17.2 Å². The van der Waals surface area contributed by atoms with E-state index in [0.717, 1.165) is 88.4 Å². The second kappa shape index (κ2) is 20.0. The fourth-order valence-electron chi connectivity index (χ4n) is 8.50. The van der Waals surface area contributed by atoms with Gasteiger partial charge in [0.2, 0.25) is 0 Å². The normalized spacial score (nSPS) is 16.6. The molecule has 0 N–H and O–H groups in total. The van der Waals surface area contributed by atoms with Gasteiger partial charge >= 0.3 is 0 Å². The Morgan fingerprint density at radius 2 is 1.51 bits per heavy atom. The van der Waals surface area contributed by atoms with Gasteiger partial charge in [-0.3, -0.25) is 19.5 Å². The van der Waals surface area contributed by atoms with Crippen molar-refractivity contribution in [2.75, 3.05) is 28.9 Å². The molecule has 4 aliphatic rings. The number of methoxy groups -OCH3 is 1. The Hall–Kier alpha value is -4.77. The molecule has 0 fully saturated rings. The average molecular weight is 909 g/mol. The number of ether oxygens (including phenoxy) is 3. The first-order chi connectivity index (χ1) is 29.3. The number of nitrogens with zero attached hydrogens (tertiary/aromatic N) is 3. The third-order valence-corrected chi connectivity index (χ3v) is 12.3. The number of amides is 2. The number of ketones is 1. The van der Waals surface area contributed by atoms with Gasteiger partial charge in [0.1, 0.15) is 11.5 Å². The summed E-state index contributed by atoms with van der Waals surface area (Å²) in [7, 11) is 1.57. The standard InChI is InChI=1S/C43H36N3O5.C7H13OS.Y/c1-26-16-34-29(14-15-32-18-30-10-3-5-12-37(30)45(32)42(34)47)20-39(26)50-24-27-8-7-9-28(17-27)25-51-41-22-36-35(21-40(41)49-2)43(48)46-33(23-44-36)19-31-11-4-6-13-38(31)46;1-3-7(8)5-4-6-9-2;/h3-6,8-13,16-17,20-23,32-33H,14-15,18-19,24-25H2,1-2H3;1,3-6H2,2H3;/q2*-1;/t32-,33+;;/m1../s1.